The van der Waals surface area contributed by atoms with Gasteiger partial charge in [0.15, 0.2) is 15.8 Å². The van der Waals surface area contributed by atoms with E-state index in [-0.39, 0.29) is 11.5 Å². The predicted octanol–water partition coefficient (Wildman–Crippen LogP) is 0.733. The van der Waals surface area contributed by atoms with Gasteiger partial charge in [-0.25, -0.2) is 8.42 Å². The third kappa shape index (κ3) is 5.79. The molecule has 0 saturated carbocycles. The minimum Gasteiger partial charge on any atom is -0.355 e. The first-order valence-corrected chi connectivity index (χ1v) is 10.1. The Hall–Kier alpha value is -1.60. The Bertz CT molecular complexity index is 642. The zero-order valence-electron chi connectivity index (χ0n) is 14.8. The van der Waals surface area contributed by atoms with E-state index in [9.17, 15) is 8.42 Å². The summed E-state index contributed by atoms with van der Waals surface area (Å²) in [6.07, 6.45) is 0. The summed E-state index contributed by atoms with van der Waals surface area (Å²) in [6, 6.07) is 8.49. The van der Waals surface area contributed by atoms with Gasteiger partial charge in [-0.05, 0) is 12.5 Å². The van der Waals surface area contributed by atoms with Crippen molar-refractivity contribution in [3.63, 3.8) is 0 Å². The Labute approximate surface area is 145 Å². The zero-order chi connectivity index (χ0) is 17.6. The molecule has 1 heterocycles. The fourth-order valence-electron chi connectivity index (χ4n) is 2.73. The van der Waals surface area contributed by atoms with Crippen LogP contribution in [0.25, 0.3) is 0 Å². The quantitative estimate of drug-likeness (QED) is 0.625. The third-order valence-electron chi connectivity index (χ3n) is 4.26. The summed E-state index contributed by atoms with van der Waals surface area (Å²) in [5.41, 5.74) is 2.50. The minimum absolute atomic E-state index is 0.273. The second-order valence-electron chi connectivity index (χ2n) is 6.31. The molecule has 1 aliphatic heterocycles. The average Bonchev–Trinajstić information content (AvgIpc) is 2.55. The van der Waals surface area contributed by atoms with Crippen LogP contribution in [0.15, 0.2) is 29.3 Å². The van der Waals surface area contributed by atoms with E-state index in [1.54, 1.807) is 7.05 Å². The highest BCUT2D eigenvalue weighted by molar-refractivity contribution is 7.91. The number of aliphatic imine (C=N–C) groups is 1. The number of aryl methyl sites for hydroxylation is 1. The van der Waals surface area contributed by atoms with Gasteiger partial charge in [0.05, 0.1) is 11.5 Å². The molecule has 1 aliphatic rings. The molecule has 1 aromatic rings. The van der Waals surface area contributed by atoms with Gasteiger partial charge in [0, 0.05) is 46.8 Å². The van der Waals surface area contributed by atoms with E-state index in [2.05, 4.69) is 51.3 Å². The molecule has 134 valence electrons. The summed E-state index contributed by atoms with van der Waals surface area (Å²) in [4.78, 5) is 8.59. The number of sulfone groups is 1. The van der Waals surface area contributed by atoms with Crippen molar-refractivity contribution in [1.82, 2.24) is 15.1 Å². The molecule has 1 fully saturated rings. The highest BCUT2D eigenvalue weighted by Crippen LogP contribution is 2.06. The maximum absolute atomic E-state index is 11.4. The Kier molecular flexibility index (Phi) is 6.62. The normalized spacial score (nSPS) is 18.4. The molecule has 0 amide bonds. The second-order valence-corrected chi connectivity index (χ2v) is 8.61. The smallest absolute Gasteiger partial charge is 0.193 e. The number of rotatable bonds is 5. The van der Waals surface area contributed by atoms with Crippen LogP contribution in [0.4, 0.5) is 0 Å². The molecular weight excluding hydrogens is 324 g/mol. The molecule has 1 aromatic carbocycles. The molecule has 0 spiro atoms. The fourth-order valence-corrected chi connectivity index (χ4v) is 4.00. The molecule has 2 rings (SSSR count). The van der Waals surface area contributed by atoms with Crippen molar-refractivity contribution < 1.29 is 8.42 Å². The summed E-state index contributed by atoms with van der Waals surface area (Å²) in [5, 5.41) is 3.35. The van der Waals surface area contributed by atoms with Gasteiger partial charge in [-0.3, -0.25) is 9.89 Å². The van der Waals surface area contributed by atoms with Crippen LogP contribution in [0, 0.1) is 6.92 Å². The van der Waals surface area contributed by atoms with E-state index >= 15 is 0 Å². The van der Waals surface area contributed by atoms with Crippen LogP contribution in [0.1, 0.15) is 11.1 Å². The van der Waals surface area contributed by atoms with E-state index in [0.717, 1.165) is 25.6 Å². The molecule has 0 bridgehead atoms. The summed E-state index contributed by atoms with van der Waals surface area (Å²) in [5.74, 6) is 1.39. The average molecular weight is 353 g/mol. The third-order valence-corrected chi connectivity index (χ3v) is 5.87. The van der Waals surface area contributed by atoms with Crippen LogP contribution >= 0.6 is 0 Å². The Morgan fingerprint density at radius 1 is 1.25 bits per heavy atom. The Morgan fingerprint density at radius 3 is 2.46 bits per heavy atom. The van der Waals surface area contributed by atoms with Gasteiger partial charge in [-0.2, -0.15) is 0 Å². The zero-order valence-corrected chi connectivity index (χ0v) is 15.6. The predicted molar refractivity (Wildman–Crippen MR) is 99.1 cm³/mol. The lowest BCUT2D eigenvalue weighted by atomic mass is 10.1. The van der Waals surface area contributed by atoms with Gasteiger partial charge >= 0.3 is 0 Å². The number of nitrogens with one attached hydrogen (secondary N) is 1. The molecular formula is C17H28N4O2S. The van der Waals surface area contributed by atoms with E-state index in [0.29, 0.717) is 13.1 Å². The van der Waals surface area contributed by atoms with E-state index in [4.69, 9.17) is 0 Å². The van der Waals surface area contributed by atoms with Gasteiger partial charge in [0.2, 0.25) is 0 Å². The second kappa shape index (κ2) is 8.48. The first-order chi connectivity index (χ1) is 11.4. The number of hydrogen-bond donors (Lipinski definition) is 1. The standard InChI is InChI=1S/C17H28N4O2S/c1-15-4-6-16(7-5-15)14-20(3)17(18-2)19-8-9-21-10-12-24(22,23)13-11-21/h4-7H,8-14H2,1-3H3,(H,18,19). The number of hydrogen-bond acceptors (Lipinski definition) is 4. The summed E-state index contributed by atoms with van der Waals surface area (Å²) >= 11 is 0. The monoisotopic (exact) mass is 352 g/mol. The number of guanidine groups is 1. The van der Waals surface area contributed by atoms with E-state index in [1.807, 2.05) is 7.05 Å². The highest BCUT2D eigenvalue weighted by Gasteiger charge is 2.21. The maximum Gasteiger partial charge on any atom is 0.193 e. The van der Waals surface area contributed by atoms with Gasteiger partial charge < -0.3 is 10.2 Å². The maximum atomic E-state index is 11.4. The molecule has 7 heteroatoms. The van der Waals surface area contributed by atoms with Crippen molar-refractivity contribution in [3.05, 3.63) is 35.4 Å². The molecule has 24 heavy (non-hydrogen) atoms. The molecule has 0 aliphatic carbocycles. The van der Waals surface area contributed by atoms with Crippen molar-refractivity contribution in [2.24, 2.45) is 4.99 Å². The minimum atomic E-state index is -2.81. The lowest BCUT2D eigenvalue weighted by Crippen LogP contribution is -2.46. The first-order valence-electron chi connectivity index (χ1n) is 8.30. The Balaban J connectivity index is 1.76. The SMILES string of the molecule is CN=C(NCCN1CCS(=O)(=O)CC1)N(C)Cc1ccc(C)cc1. The molecule has 0 radical (unpaired) electrons. The summed E-state index contributed by atoms with van der Waals surface area (Å²) in [7, 11) is 0.989. The molecule has 1 saturated heterocycles. The van der Waals surface area contributed by atoms with Crippen LogP contribution in [-0.2, 0) is 16.4 Å². The highest BCUT2D eigenvalue weighted by atomic mass is 32.2. The van der Waals surface area contributed by atoms with Crippen molar-refractivity contribution in [2.45, 2.75) is 13.5 Å². The van der Waals surface area contributed by atoms with Gasteiger partial charge in [-0.1, -0.05) is 29.8 Å². The van der Waals surface area contributed by atoms with Gasteiger partial charge in [0.1, 0.15) is 0 Å². The molecule has 1 N–H and O–H groups in total. The van der Waals surface area contributed by atoms with Crippen molar-refractivity contribution in [1.29, 1.82) is 0 Å². The number of benzene rings is 1. The van der Waals surface area contributed by atoms with Gasteiger partial charge in [0.25, 0.3) is 0 Å². The van der Waals surface area contributed by atoms with Crippen molar-refractivity contribution >= 4 is 15.8 Å². The van der Waals surface area contributed by atoms with Crippen LogP contribution < -0.4 is 5.32 Å². The topological polar surface area (TPSA) is 65.0 Å². The van der Waals surface area contributed by atoms with Crippen molar-refractivity contribution in [2.75, 3.05) is 51.8 Å². The van der Waals surface area contributed by atoms with Crippen LogP contribution in [0.3, 0.4) is 0 Å². The van der Waals surface area contributed by atoms with Crippen LogP contribution in [0.5, 0.6) is 0 Å². The molecule has 0 atom stereocenters. The van der Waals surface area contributed by atoms with E-state index < -0.39 is 9.84 Å². The summed E-state index contributed by atoms with van der Waals surface area (Å²) < 4.78 is 22.9. The van der Waals surface area contributed by atoms with Crippen LogP contribution in [-0.4, -0.2) is 76.0 Å². The molecule has 0 unspecified atom stereocenters. The largest absolute Gasteiger partial charge is 0.355 e. The first kappa shape index (κ1) is 18.7. The lowest BCUT2D eigenvalue weighted by molar-refractivity contribution is 0.298. The van der Waals surface area contributed by atoms with Crippen LogP contribution in [0.2, 0.25) is 0 Å². The fraction of sp³-hybridized carbons (Fsp3) is 0.588. The van der Waals surface area contributed by atoms with E-state index in [1.165, 1.54) is 11.1 Å². The number of nitrogens with zero attached hydrogens (tertiary/aromatic N) is 3. The van der Waals surface area contributed by atoms with Crippen molar-refractivity contribution in [3.8, 4) is 0 Å². The lowest BCUT2D eigenvalue weighted by Gasteiger charge is -2.28. The molecule has 6 nitrogen and oxygen atoms in total. The Morgan fingerprint density at radius 2 is 1.88 bits per heavy atom. The molecule has 0 aromatic heterocycles. The van der Waals surface area contributed by atoms with Gasteiger partial charge in [-0.15, -0.1) is 0 Å². The summed E-state index contributed by atoms with van der Waals surface area (Å²) in [6.45, 7) is 5.71.